The molecule has 0 aromatic heterocycles. The predicted octanol–water partition coefficient (Wildman–Crippen LogP) is 1.81. The average Bonchev–Trinajstić information content (AvgIpc) is 2.63. The molecular weight excluding hydrogens is 212 g/mol. The fourth-order valence-electron chi connectivity index (χ4n) is 2.98. The topological polar surface area (TPSA) is 24.5 Å². The third-order valence-electron chi connectivity index (χ3n) is 3.92. The van der Waals surface area contributed by atoms with Gasteiger partial charge in [-0.25, -0.2) is 0 Å². The fourth-order valence-corrected chi connectivity index (χ4v) is 2.98. The van der Waals surface area contributed by atoms with E-state index in [1.807, 2.05) is 0 Å². The van der Waals surface area contributed by atoms with E-state index in [2.05, 4.69) is 28.4 Å². The van der Waals surface area contributed by atoms with Crippen LogP contribution in [0.15, 0.2) is 18.2 Å². The largest absolute Gasteiger partial charge is 0.497 e. The van der Waals surface area contributed by atoms with E-state index in [9.17, 15) is 0 Å². The summed E-state index contributed by atoms with van der Waals surface area (Å²) in [5.41, 5.74) is 2.87. The van der Waals surface area contributed by atoms with Crippen LogP contribution >= 0.6 is 0 Å². The summed E-state index contributed by atoms with van der Waals surface area (Å²) < 4.78 is 5.35. The normalized spacial score (nSPS) is 23.6. The summed E-state index contributed by atoms with van der Waals surface area (Å²) in [4.78, 5) is 2.57. The molecular formula is C14H20N2O. The summed E-state index contributed by atoms with van der Waals surface area (Å²) in [5, 5.41) is 3.53. The lowest BCUT2D eigenvalue weighted by Gasteiger charge is -2.37. The van der Waals surface area contributed by atoms with Crippen molar-refractivity contribution in [2.24, 2.45) is 0 Å². The third kappa shape index (κ3) is 2.00. The number of methoxy groups -OCH3 is 1. The van der Waals surface area contributed by atoms with Crippen molar-refractivity contribution in [3.63, 3.8) is 0 Å². The second kappa shape index (κ2) is 4.57. The predicted molar refractivity (Wildman–Crippen MR) is 69.9 cm³/mol. The maximum absolute atomic E-state index is 5.35. The van der Waals surface area contributed by atoms with Gasteiger partial charge in [0, 0.05) is 30.9 Å². The van der Waals surface area contributed by atoms with Crippen molar-refractivity contribution in [1.29, 1.82) is 0 Å². The van der Waals surface area contributed by atoms with E-state index in [4.69, 9.17) is 4.74 Å². The molecule has 3 heteroatoms. The quantitative estimate of drug-likeness (QED) is 0.799. The Balaban J connectivity index is 1.96. The monoisotopic (exact) mass is 232 g/mol. The first-order chi connectivity index (χ1) is 8.38. The molecule has 0 saturated carbocycles. The molecule has 1 saturated heterocycles. The van der Waals surface area contributed by atoms with E-state index in [1.54, 1.807) is 7.11 Å². The number of fused-ring (bicyclic) bond motifs is 3. The Morgan fingerprint density at radius 1 is 1.41 bits per heavy atom. The summed E-state index contributed by atoms with van der Waals surface area (Å²) in [6.07, 6.45) is 3.70. The van der Waals surface area contributed by atoms with Crippen LogP contribution in [-0.4, -0.2) is 32.8 Å². The van der Waals surface area contributed by atoms with E-state index in [0.717, 1.165) is 25.4 Å². The van der Waals surface area contributed by atoms with Gasteiger partial charge < -0.3 is 15.0 Å². The molecule has 0 bridgehead atoms. The molecule has 3 rings (SSSR count). The van der Waals surface area contributed by atoms with Crippen molar-refractivity contribution >= 4 is 5.69 Å². The number of benzene rings is 1. The van der Waals surface area contributed by atoms with Crippen LogP contribution in [0.25, 0.3) is 0 Å². The molecule has 1 fully saturated rings. The summed E-state index contributed by atoms with van der Waals surface area (Å²) in [5.74, 6) is 0.974. The molecule has 0 aliphatic carbocycles. The van der Waals surface area contributed by atoms with E-state index < -0.39 is 0 Å². The molecule has 1 aromatic carbocycles. The number of nitrogens with one attached hydrogen (secondary N) is 1. The molecule has 2 heterocycles. The Morgan fingerprint density at radius 3 is 3.24 bits per heavy atom. The van der Waals surface area contributed by atoms with Crippen molar-refractivity contribution in [3.8, 4) is 5.75 Å². The molecule has 92 valence electrons. The lowest BCUT2D eigenvalue weighted by atomic mass is 9.95. The van der Waals surface area contributed by atoms with Gasteiger partial charge in [0.2, 0.25) is 0 Å². The van der Waals surface area contributed by atoms with E-state index in [1.165, 1.54) is 30.5 Å². The lowest BCUT2D eigenvalue weighted by molar-refractivity contribution is 0.413. The standard InChI is InChI=1S/C14H20N2O/c1-17-13-6-4-11-3-5-12-10-15-7-2-8-16(12)14(11)9-13/h4,6,9,12,15H,2-3,5,7-8,10H2,1H3/t12-/m1/s1. The van der Waals surface area contributed by atoms with Gasteiger partial charge in [-0.1, -0.05) is 6.07 Å². The van der Waals surface area contributed by atoms with Crippen LogP contribution in [0.5, 0.6) is 5.75 Å². The van der Waals surface area contributed by atoms with Crippen LogP contribution in [-0.2, 0) is 6.42 Å². The van der Waals surface area contributed by atoms with Crippen LogP contribution in [0.1, 0.15) is 18.4 Å². The fraction of sp³-hybridized carbons (Fsp3) is 0.571. The molecule has 0 amide bonds. The molecule has 17 heavy (non-hydrogen) atoms. The first kappa shape index (κ1) is 10.9. The molecule has 0 unspecified atom stereocenters. The Bertz CT molecular complexity index is 405. The number of anilines is 1. The zero-order valence-corrected chi connectivity index (χ0v) is 10.4. The van der Waals surface area contributed by atoms with Crippen LogP contribution in [0.3, 0.4) is 0 Å². The molecule has 2 aliphatic rings. The minimum absolute atomic E-state index is 0.664. The Kier molecular flexibility index (Phi) is 2.93. The van der Waals surface area contributed by atoms with Gasteiger partial charge >= 0.3 is 0 Å². The molecule has 1 N–H and O–H groups in total. The lowest BCUT2D eigenvalue weighted by Crippen LogP contribution is -2.43. The molecule has 2 aliphatic heterocycles. The van der Waals surface area contributed by atoms with Gasteiger partial charge in [-0.3, -0.25) is 0 Å². The van der Waals surface area contributed by atoms with Crippen LogP contribution in [0.2, 0.25) is 0 Å². The van der Waals surface area contributed by atoms with Gasteiger partial charge in [0.15, 0.2) is 0 Å². The highest BCUT2D eigenvalue weighted by Gasteiger charge is 2.27. The first-order valence-electron chi connectivity index (χ1n) is 6.53. The van der Waals surface area contributed by atoms with Crippen molar-refractivity contribution in [2.45, 2.75) is 25.3 Å². The summed E-state index contributed by atoms with van der Waals surface area (Å²) in [6.45, 7) is 3.43. The minimum atomic E-state index is 0.664. The molecule has 1 atom stereocenters. The molecule has 0 radical (unpaired) electrons. The van der Waals surface area contributed by atoms with Gasteiger partial charge in [0.1, 0.15) is 5.75 Å². The summed E-state index contributed by atoms with van der Waals surface area (Å²) in [7, 11) is 1.74. The Hall–Kier alpha value is -1.22. The smallest absolute Gasteiger partial charge is 0.120 e. The second-order valence-corrected chi connectivity index (χ2v) is 4.94. The summed E-state index contributed by atoms with van der Waals surface area (Å²) >= 11 is 0. The van der Waals surface area contributed by atoms with Crippen LogP contribution in [0, 0.1) is 0 Å². The highest BCUT2D eigenvalue weighted by Crippen LogP contribution is 2.34. The third-order valence-corrected chi connectivity index (χ3v) is 3.92. The average molecular weight is 232 g/mol. The zero-order valence-electron chi connectivity index (χ0n) is 10.4. The number of ether oxygens (including phenoxy) is 1. The number of hydrogen-bond donors (Lipinski definition) is 1. The maximum atomic E-state index is 5.35. The summed E-state index contributed by atoms with van der Waals surface area (Å²) in [6, 6.07) is 7.17. The van der Waals surface area contributed by atoms with Crippen molar-refractivity contribution in [2.75, 3.05) is 31.6 Å². The van der Waals surface area contributed by atoms with E-state index >= 15 is 0 Å². The van der Waals surface area contributed by atoms with Gasteiger partial charge in [0.25, 0.3) is 0 Å². The zero-order chi connectivity index (χ0) is 11.7. The van der Waals surface area contributed by atoms with Crippen LogP contribution in [0.4, 0.5) is 5.69 Å². The molecule has 1 aromatic rings. The van der Waals surface area contributed by atoms with Crippen LogP contribution < -0.4 is 15.0 Å². The Morgan fingerprint density at radius 2 is 2.35 bits per heavy atom. The van der Waals surface area contributed by atoms with Crippen molar-refractivity contribution in [1.82, 2.24) is 5.32 Å². The van der Waals surface area contributed by atoms with Crippen molar-refractivity contribution in [3.05, 3.63) is 23.8 Å². The van der Waals surface area contributed by atoms with Gasteiger partial charge in [-0.15, -0.1) is 0 Å². The Labute approximate surface area is 103 Å². The SMILES string of the molecule is COc1ccc2c(c1)N1CCCNC[C@H]1CC2. The molecule has 0 spiro atoms. The number of rotatable bonds is 1. The number of aryl methyl sites for hydroxylation is 1. The van der Waals surface area contributed by atoms with Gasteiger partial charge in [0.05, 0.1) is 7.11 Å². The number of hydrogen-bond acceptors (Lipinski definition) is 3. The van der Waals surface area contributed by atoms with Crippen molar-refractivity contribution < 1.29 is 4.74 Å². The van der Waals surface area contributed by atoms with E-state index in [0.29, 0.717) is 6.04 Å². The maximum Gasteiger partial charge on any atom is 0.120 e. The van der Waals surface area contributed by atoms with E-state index in [-0.39, 0.29) is 0 Å². The highest BCUT2D eigenvalue weighted by atomic mass is 16.5. The number of nitrogens with zero attached hydrogens (tertiary/aromatic N) is 1. The highest BCUT2D eigenvalue weighted by molar-refractivity contribution is 5.60. The first-order valence-corrected chi connectivity index (χ1v) is 6.53. The van der Waals surface area contributed by atoms with Gasteiger partial charge in [-0.05, 0) is 37.4 Å². The second-order valence-electron chi connectivity index (χ2n) is 4.94. The van der Waals surface area contributed by atoms with Gasteiger partial charge in [-0.2, -0.15) is 0 Å². The molecule has 3 nitrogen and oxygen atoms in total. The minimum Gasteiger partial charge on any atom is -0.497 e.